The van der Waals surface area contributed by atoms with Gasteiger partial charge in [0.15, 0.2) is 0 Å². The first kappa shape index (κ1) is 37.6. The summed E-state index contributed by atoms with van der Waals surface area (Å²) in [6, 6.07) is 4.77. The van der Waals surface area contributed by atoms with Gasteiger partial charge in [0.05, 0.1) is 17.6 Å². The Kier molecular flexibility index (Phi) is 13.4. The van der Waals surface area contributed by atoms with E-state index in [1.54, 1.807) is 19.3 Å². The molecule has 0 radical (unpaired) electrons. The highest BCUT2D eigenvalue weighted by molar-refractivity contribution is 7.16. The molecule has 3 atom stereocenters. The molecule has 20 heteroatoms. The van der Waals surface area contributed by atoms with E-state index in [4.69, 9.17) is 43.0 Å². The summed E-state index contributed by atoms with van der Waals surface area (Å²) in [6.45, 7) is 2.77. The van der Waals surface area contributed by atoms with Crippen molar-refractivity contribution in [3.63, 3.8) is 0 Å². The molecule has 11 nitrogen and oxygen atoms in total. The van der Waals surface area contributed by atoms with E-state index in [2.05, 4.69) is 25.9 Å². The summed E-state index contributed by atoms with van der Waals surface area (Å²) in [5.41, 5.74) is 1.85. The van der Waals surface area contributed by atoms with E-state index in [1.807, 2.05) is 18.2 Å². The number of halogens is 8. The first-order valence-corrected chi connectivity index (χ1v) is 14.1. The average molecular weight is 708 g/mol. The van der Waals surface area contributed by atoms with Gasteiger partial charge in [0.1, 0.15) is 10.4 Å². The van der Waals surface area contributed by atoms with Gasteiger partial charge in [-0.05, 0) is 50.4 Å². The molecule has 3 aromatic heterocycles. The zero-order chi connectivity index (χ0) is 34.1. The molecule has 0 aromatic carbocycles. The number of carboxylic acids is 2. The molecule has 0 saturated carbocycles. The summed E-state index contributed by atoms with van der Waals surface area (Å²) in [5.74, 6) is -5.59. The number of carbonyl (C=O) groups excluding carboxylic acids is 2. The molecule has 248 valence electrons. The molecule has 0 bridgehead atoms. The van der Waals surface area contributed by atoms with Crippen molar-refractivity contribution in [3.8, 4) is 0 Å². The molecule has 1 aliphatic rings. The van der Waals surface area contributed by atoms with Gasteiger partial charge in [-0.2, -0.15) is 26.3 Å². The second-order valence-corrected chi connectivity index (χ2v) is 11.6. The highest BCUT2D eigenvalue weighted by atomic mass is 35.5. The number of pyridine rings is 1. The van der Waals surface area contributed by atoms with Crippen LogP contribution in [0.1, 0.15) is 23.9 Å². The molecule has 4 rings (SSSR count). The van der Waals surface area contributed by atoms with Crippen molar-refractivity contribution in [2.24, 2.45) is 5.92 Å². The zero-order valence-corrected chi connectivity index (χ0v) is 25.2. The zero-order valence-electron chi connectivity index (χ0n) is 22.9. The second kappa shape index (κ2) is 16.1. The highest BCUT2D eigenvalue weighted by Gasteiger charge is 2.39. The Labute approximate surface area is 264 Å². The Morgan fingerprint density at radius 1 is 1.09 bits per heavy atom. The Morgan fingerprint density at radius 3 is 2.20 bits per heavy atom. The maximum atomic E-state index is 12.6. The van der Waals surface area contributed by atoms with Crippen LogP contribution < -0.4 is 16.0 Å². The highest BCUT2D eigenvalue weighted by Crippen LogP contribution is 2.34. The fourth-order valence-electron chi connectivity index (χ4n) is 3.78. The third kappa shape index (κ3) is 12.4. The second-order valence-electron chi connectivity index (χ2n) is 9.41. The topological polar surface area (TPSA) is 174 Å². The van der Waals surface area contributed by atoms with Crippen LogP contribution >= 0.6 is 34.5 Å². The summed E-state index contributed by atoms with van der Waals surface area (Å²) in [4.78, 5) is 51.3. The Hall–Kier alpha value is -3.61. The van der Waals surface area contributed by atoms with Crippen LogP contribution in [0.4, 0.5) is 26.3 Å². The van der Waals surface area contributed by atoms with Crippen molar-refractivity contribution in [3.05, 3.63) is 50.5 Å². The van der Waals surface area contributed by atoms with Crippen molar-refractivity contribution in [2.75, 3.05) is 6.54 Å². The number of nitrogens with zero attached hydrogens (tertiary/aromatic N) is 1. The number of alkyl halides is 6. The number of carboxylic acid groups (broad SMARTS) is 2. The van der Waals surface area contributed by atoms with E-state index in [1.165, 1.54) is 11.3 Å². The van der Waals surface area contributed by atoms with Crippen LogP contribution in [0, 0.1) is 5.92 Å². The molecule has 1 saturated heterocycles. The molecule has 1 fully saturated rings. The summed E-state index contributed by atoms with van der Waals surface area (Å²) in [5, 5.41) is 24.7. The molecule has 45 heavy (non-hydrogen) atoms. The number of aliphatic carboxylic acids is 2. The number of nitrogens with one attached hydrogen (secondary N) is 4. The number of hydrogen-bond donors (Lipinski definition) is 6. The third-order valence-electron chi connectivity index (χ3n) is 5.89. The molecule has 0 aliphatic carbocycles. The van der Waals surface area contributed by atoms with Crippen LogP contribution in [0.25, 0.3) is 10.9 Å². The fraction of sp³-hybridized carbons (Fsp3) is 0.400. The summed E-state index contributed by atoms with van der Waals surface area (Å²) < 4.78 is 64.1. The number of amides is 2. The van der Waals surface area contributed by atoms with Gasteiger partial charge in [-0.15, -0.1) is 11.3 Å². The lowest BCUT2D eigenvalue weighted by Crippen LogP contribution is -2.49. The van der Waals surface area contributed by atoms with Crippen LogP contribution in [0.2, 0.25) is 9.36 Å². The third-order valence-corrected chi connectivity index (χ3v) is 7.78. The predicted octanol–water partition coefficient (Wildman–Crippen LogP) is 4.54. The monoisotopic (exact) mass is 707 g/mol. The number of aromatic nitrogens is 2. The predicted molar refractivity (Wildman–Crippen MR) is 151 cm³/mol. The first-order valence-electron chi connectivity index (χ1n) is 12.5. The minimum Gasteiger partial charge on any atom is -0.475 e. The van der Waals surface area contributed by atoms with E-state index in [-0.39, 0.29) is 17.9 Å². The van der Waals surface area contributed by atoms with Crippen LogP contribution in [0.15, 0.2) is 30.6 Å². The van der Waals surface area contributed by atoms with Crippen molar-refractivity contribution in [1.82, 2.24) is 25.9 Å². The van der Waals surface area contributed by atoms with Crippen LogP contribution in [-0.4, -0.2) is 74.9 Å². The minimum absolute atomic E-state index is 0.163. The van der Waals surface area contributed by atoms with Gasteiger partial charge in [0, 0.05) is 33.9 Å². The Morgan fingerprint density at radius 2 is 1.69 bits per heavy atom. The molecule has 6 N–H and O–H groups in total. The van der Waals surface area contributed by atoms with Gasteiger partial charge in [-0.1, -0.05) is 23.2 Å². The normalized spacial score (nSPS) is 16.9. The van der Waals surface area contributed by atoms with E-state index >= 15 is 0 Å². The standard InChI is InChI=1S/C21H23Cl2N5O2S.2C2HF3O2/c1-11(20(29)26-10-14-6-13-9-24-3-2-17(13)28-14)27-21(30)18-5-12(8-25-18)4-15-7-16(22)19(23)31-15;2*3-2(4,5)1(6)7/h2-3,6-7,9,11-12,18,25,28H,4-5,8,10H2,1H3,(H,26,29)(H,27,30);2*(H,6,7)/t11-,12-,18+;;/m0../s1. The summed E-state index contributed by atoms with van der Waals surface area (Å²) >= 11 is 13.5. The van der Waals surface area contributed by atoms with Gasteiger partial charge in [0.25, 0.3) is 0 Å². The molecule has 2 amide bonds. The number of aromatic amines is 1. The van der Waals surface area contributed by atoms with Crippen LogP contribution in [0.3, 0.4) is 0 Å². The van der Waals surface area contributed by atoms with Gasteiger partial charge >= 0.3 is 24.3 Å². The lowest BCUT2D eigenvalue weighted by molar-refractivity contribution is -0.193. The van der Waals surface area contributed by atoms with Crippen molar-refractivity contribution >= 4 is 69.2 Å². The number of H-pyrrole nitrogens is 1. The van der Waals surface area contributed by atoms with Gasteiger partial charge in [-0.25, -0.2) is 9.59 Å². The number of carbonyl (C=O) groups is 4. The molecule has 0 spiro atoms. The van der Waals surface area contributed by atoms with E-state index < -0.39 is 30.3 Å². The minimum atomic E-state index is -5.08. The van der Waals surface area contributed by atoms with Crippen molar-refractivity contribution in [1.29, 1.82) is 0 Å². The summed E-state index contributed by atoms with van der Waals surface area (Å²) in [6.07, 6.45) is -5.16. The van der Waals surface area contributed by atoms with Crippen LogP contribution in [0.5, 0.6) is 0 Å². The molecule has 0 unspecified atom stereocenters. The van der Waals surface area contributed by atoms with Gasteiger partial charge < -0.3 is 31.1 Å². The first-order chi connectivity index (χ1) is 20.8. The van der Waals surface area contributed by atoms with E-state index in [0.29, 0.717) is 28.2 Å². The van der Waals surface area contributed by atoms with Crippen molar-refractivity contribution < 1.29 is 55.7 Å². The van der Waals surface area contributed by atoms with Crippen LogP contribution in [-0.2, 0) is 32.1 Å². The largest absolute Gasteiger partial charge is 0.490 e. The molecular formula is C25H25Cl2F6N5O6S. The molecule has 3 aromatic rings. The SMILES string of the molecule is C[C@H](NC(=O)[C@H]1C[C@H](Cc2cc(Cl)c(Cl)s2)CN1)C(=O)NCc1cc2cnccc2[nH]1.O=C(O)C(F)(F)F.O=C(O)C(F)(F)F. The molecule has 1 aliphatic heterocycles. The molecular weight excluding hydrogens is 683 g/mol. The number of thiophene rings is 1. The lowest BCUT2D eigenvalue weighted by Gasteiger charge is -2.17. The quantitative estimate of drug-likeness (QED) is 0.194. The smallest absolute Gasteiger partial charge is 0.475 e. The maximum Gasteiger partial charge on any atom is 0.490 e. The van der Waals surface area contributed by atoms with Gasteiger partial charge in [-0.3, -0.25) is 14.6 Å². The Bertz CT molecular complexity index is 1420. The fourth-order valence-corrected chi connectivity index (χ4v) is 5.33. The lowest BCUT2D eigenvalue weighted by atomic mass is 10.0. The maximum absolute atomic E-state index is 12.6. The van der Waals surface area contributed by atoms with E-state index in [9.17, 15) is 35.9 Å². The molecule has 4 heterocycles. The number of fused-ring (bicyclic) bond motifs is 1. The van der Waals surface area contributed by atoms with Crippen molar-refractivity contribution in [2.45, 2.75) is 50.7 Å². The number of rotatable bonds is 7. The van der Waals surface area contributed by atoms with E-state index in [0.717, 1.165) is 34.4 Å². The number of hydrogen-bond acceptors (Lipinski definition) is 7. The average Bonchev–Trinajstić information content (AvgIpc) is 3.65. The summed E-state index contributed by atoms with van der Waals surface area (Å²) in [7, 11) is 0. The Balaban J connectivity index is 0.000000421. The van der Waals surface area contributed by atoms with Gasteiger partial charge in [0.2, 0.25) is 11.8 Å².